The minimum absolute atomic E-state index is 0.00744. The molecule has 1 saturated heterocycles. The van der Waals surface area contributed by atoms with Gasteiger partial charge in [-0.25, -0.2) is 4.72 Å². The van der Waals surface area contributed by atoms with E-state index in [9.17, 15) is 8.42 Å². The fraction of sp³-hybridized carbons (Fsp3) is 0.900. The van der Waals surface area contributed by atoms with Crippen molar-refractivity contribution in [1.29, 1.82) is 0 Å². The maximum Gasteiger partial charge on any atom is 0.451 e. The molecular formula is C10H25BN6O4S. The molecule has 0 aromatic heterocycles. The van der Waals surface area contributed by atoms with Crippen molar-refractivity contribution >= 4 is 23.3 Å². The zero-order valence-electron chi connectivity index (χ0n) is 12.4. The van der Waals surface area contributed by atoms with Crippen LogP contribution < -0.4 is 21.9 Å². The number of nitrogens with two attached hydrogens (primary N) is 3. The van der Waals surface area contributed by atoms with E-state index in [1.165, 1.54) is 4.31 Å². The second-order valence-corrected chi connectivity index (χ2v) is 7.11. The molecule has 0 amide bonds. The number of guanidine groups is 1. The van der Waals surface area contributed by atoms with E-state index in [0.717, 1.165) is 0 Å². The van der Waals surface area contributed by atoms with Gasteiger partial charge in [-0.3, -0.25) is 4.99 Å². The highest BCUT2D eigenvalue weighted by atomic mass is 32.2. The molecule has 2 atom stereocenters. The van der Waals surface area contributed by atoms with Crippen LogP contribution in [0.2, 0.25) is 6.32 Å². The van der Waals surface area contributed by atoms with Gasteiger partial charge in [0, 0.05) is 25.7 Å². The van der Waals surface area contributed by atoms with Crippen LogP contribution in [0.5, 0.6) is 0 Å². The topological polar surface area (TPSA) is 180 Å². The van der Waals surface area contributed by atoms with Gasteiger partial charge in [0.05, 0.1) is 6.54 Å². The summed E-state index contributed by atoms with van der Waals surface area (Å²) in [5.41, 5.74) is 16.3. The summed E-state index contributed by atoms with van der Waals surface area (Å²) in [7, 11) is -4.95. The summed E-state index contributed by atoms with van der Waals surface area (Å²) in [5, 5.41) is 17.6. The number of rotatable bonds is 9. The third-order valence-corrected chi connectivity index (χ3v) is 5.07. The Kier molecular flexibility index (Phi) is 7.52. The Bertz CT molecular complexity index is 470. The van der Waals surface area contributed by atoms with Gasteiger partial charge >= 0.3 is 7.12 Å². The molecule has 0 radical (unpaired) electrons. The van der Waals surface area contributed by atoms with Gasteiger partial charge in [0.15, 0.2) is 5.96 Å². The molecule has 0 aromatic rings. The average Bonchev–Trinajstić information content (AvgIpc) is 2.77. The lowest BCUT2D eigenvalue weighted by Gasteiger charge is -2.16. The third-order valence-electron chi connectivity index (χ3n) is 3.53. The molecular weight excluding hydrogens is 311 g/mol. The number of hydrogen-bond donors (Lipinski definition) is 6. The van der Waals surface area contributed by atoms with Gasteiger partial charge in [0.25, 0.3) is 10.2 Å². The summed E-state index contributed by atoms with van der Waals surface area (Å²) >= 11 is 0. The SMILES string of the molecule is NC(N)=NCCNS(=O)(=O)N1C[C@H](CCCB(O)O)[C@@H](N)C1. The van der Waals surface area contributed by atoms with Crippen LogP contribution in [0.15, 0.2) is 4.99 Å². The monoisotopic (exact) mass is 336 g/mol. The molecule has 0 aromatic carbocycles. The Morgan fingerprint density at radius 3 is 2.64 bits per heavy atom. The van der Waals surface area contributed by atoms with Crippen molar-refractivity contribution in [1.82, 2.24) is 9.03 Å². The average molecular weight is 336 g/mol. The van der Waals surface area contributed by atoms with Crippen molar-refractivity contribution in [2.45, 2.75) is 25.2 Å². The van der Waals surface area contributed by atoms with Gasteiger partial charge < -0.3 is 27.2 Å². The van der Waals surface area contributed by atoms with Crippen molar-refractivity contribution in [2.24, 2.45) is 28.1 Å². The molecule has 1 aliphatic rings. The molecule has 0 bridgehead atoms. The van der Waals surface area contributed by atoms with Crippen LogP contribution in [-0.4, -0.2) is 68.1 Å². The van der Waals surface area contributed by atoms with E-state index < -0.39 is 17.3 Å². The molecule has 0 unspecified atom stereocenters. The molecule has 0 saturated carbocycles. The van der Waals surface area contributed by atoms with Crippen LogP contribution >= 0.6 is 0 Å². The Morgan fingerprint density at radius 1 is 1.36 bits per heavy atom. The second-order valence-electron chi connectivity index (χ2n) is 5.36. The summed E-state index contributed by atoms with van der Waals surface area (Å²) in [6.07, 6.45) is 1.49. The highest BCUT2D eigenvalue weighted by Gasteiger charge is 2.36. The third kappa shape index (κ3) is 6.46. The normalized spacial score (nSPS) is 22.7. The van der Waals surface area contributed by atoms with Crippen LogP contribution in [0.4, 0.5) is 0 Å². The van der Waals surface area contributed by atoms with Crippen LogP contribution in [0, 0.1) is 5.92 Å². The predicted octanol–water partition coefficient (Wildman–Crippen LogP) is -3.39. The van der Waals surface area contributed by atoms with Gasteiger partial charge in [-0.2, -0.15) is 12.7 Å². The quantitative estimate of drug-likeness (QED) is 0.110. The van der Waals surface area contributed by atoms with Gasteiger partial charge in [0.2, 0.25) is 0 Å². The van der Waals surface area contributed by atoms with E-state index in [1.54, 1.807) is 0 Å². The van der Waals surface area contributed by atoms with Crippen molar-refractivity contribution in [3.05, 3.63) is 0 Å². The van der Waals surface area contributed by atoms with Crippen molar-refractivity contribution in [3.8, 4) is 0 Å². The first-order chi connectivity index (χ1) is 10.2. The Labute approximate surface area is 131 Å². The molecule has 1 rings (SSSR count). The van der Waals surface area contributed by atoms with Crippen LogP contribution in [0.1, 0.15) is 12.8 Å². The molecule has 0 spiro atoms. The van der Waals surface area contributed by atoms with E-state index >= 15 is 0 Å². The number of aliphatic imine (C=N–C) groups is 1. The maximum absolute atomic E-state index is 12.1. The summed E-state index contributed by atoms with van der Waals surface area (Å²) in [6.45, 7) is 0.830. The van der Waals surface area contributed by atoms with Crippen molar-refractivity contribution in [3.63, 3.8) is 0 Å². The van der Waals surface area contributed by atoms with Gasteiger partial charge in [-0.15, -0.1) is 0 Å². The van der Waals surface area contributed by atoms with E-state index in [0.29, 0.717) is 19.4 Å². The van der Waals surface area contributed by atoms with Crippen molar-refractivity contribution < 1.29 is 18.5 Å². The zero-order chi connectivity index (χ0) is 16.8. The summed E-state index contributed by atoms with van der Waals surface area (Å²) in [5.74, 6) is -0.0819. The van der Waals surface area contributed by atoms with Crippen LogP contribution in [-0.2, 0) is 10.2 Å². The number of nitrogens with one attached hydrogen (secondary N) is 1. The molecule has 128 valence electrons. The summed E-state index contributed by atoms with van der Waals surface area (Å²) in [6, 6.07) is -0.259. The minimum Gasteiger partial charge on any atom is -0.427 e. The van der Waals surface area contributed by atoms with Crippen molar-refractivity contribution in [2.75, 3.05) is 26.2 Å². The molecule has 9 N–H and O–H groups in total. The zero-order valence-corrected chi connectivity index (χ0v) is 13.2. The molecule has 12 heteroatoms. The predicted molar refractivity (Wildman–Crippen MR) is 84.9 cm³/mol. The Balaban J connectivity index is 2.43. The Morgan fingerprint density at radius 2 is 2.05 bits per heavy atom. The first-order valence-electron chi connectivity index (χ1n) is 7.14. The first-order valence-corrected chi connectivity index (χ1v) is 8.58. The molecule has 10 nitrogen and oxygen atoms in total. The molecule has 1 aliphatic heterocycles. The van der Waals surface area contributed by atoms with E-state index in [-0.39, 0.29) is 43.9 Å². The highest BCUT2D eigenvalue weighted by Crippen LogP contribution is 2.23. The standard InChI is InChI=1S/C10H25BN6O4S/c12-9-7-17(6-8(9)2-1-3-11(18)19)22(20,21)16-5-4-15-10(13)14/h8-9,16,18-19H,1-7,12H2,(H4,13,14,15)/t8-,9-/m0/s1. The lowest BCUT2D eigenvalue weighted by molar-refractivity contribution is 0.390. The van der Waals surface area contributed by atoms with Gasteiger partial charge in [-0.1, -0.05) is 6.42 Å². The van der Waals surface area contributed by atoms with Crippen LogP contribution in [0.25, 0.3) is 0 Å². The largest absolute Gasteiger partial charge is 0.451 e. The molecule has 1 heterocycles. The van der Waals surface area contributed by atoms with E-state index in [4.69, 9.17) is 27.2 Å². The molecule has 22 heavy (non-hydrogen) atoms. The maximum atomic E-state index is 12.1. The smallest absolute Gasteiger partial charge is 0.427 e. The van der Waals surface area contributed by atoms with Crippen LogP contribution in [0.3, 0.4) is 0 Å². The summed E-state index contributed by atoms with van der Waals surface area (Å²) < 4.78 is 28.0. The van der Waals surface area contributed by atoms with Gasteiger partial charge in [0.1, 0.15) is 0 Å². The number of nitrogens with zero attached hydrogens (tertiary/aromatic N) is 2. The van der Waals surface area contributed by atoms with E-state index in [2.05, 4.69) is 9.71 Å². The lowest BCUT2D eigenvalue weighted by Crippen LogP contribution is -2.41. The number of hydrogen-bond acceptors (Lipinski definition) is 6. The molecule has 0 aliphatic carbocycles. The summed E-state index contributed by atoms with van der Waals surface area (Å²) in [4.78, 5) is 3.70. The highest BCUT2D eigenvalue weighted by molar-refractivity contribution is 7.87. The lowest BCUT2D eigenvalue weighted by atomic mass is 9.82. The minimum atomic E-state index is -3.61. The van der Waals surface area contributed by atoms with E-state index in [1.807, 2.05) is 0 Å². The fourth-order valence-corrected chi connectivity index (χ4v) is 3.66. The molecule has 1 fully saturated rings. The van der Waals surface area contributed by atoms with Gasteiger partial charge in [-0.05, 0) is 18.7 Å². The Hall–Kier alpha value is -0.915. The second kappa shape index (κ2) is 8.65. The first kappa shape index (κ1) is 19.1. The fourth-order valence-electron chi connectivity index (χ4n) is 2.37.